The summed E-state index contributed by atoms with van der Waals surface area (Å²) < 4.78 is 47.4. The summed E-state index contributed by atoms with van der Waals surface area (Å²) >= 11 is 0. The lowest BCUT2D eigenvalue weighted by Crippen LogP contribution is -2.37. The lowest BCUT2D eigenvalue weighted by Gasteiger charge is -2.31. The number of carbonyl (C=O) groups excluding carboxylic acids is 2. The molecule has 2 aromatic carbocycles. The Labute approximate surface area is 188 Å². The van der Waals surface area contributed by atoms with E-state index in [0.717, 1.165) is 0 Å². The molecule has 0 bridgehead atoms. The zero-order valence-electron chi connectivity index (χ0n) is 18.0. The molecule has 0 saturated carbocycles. The number of hydrogen-bond acceptors (Lipinski definition) is 5. The average Bonchev–Trinajstić information content (AvgIpc) is 3.04. The highest BCUT2D eigenvalue weighted by molar-refractivity contribution is 6.22. The highest BCUT2D eigenvalue weighted by Gasteiger charge is 2.47. The second-order valence-electron chi connectivity index (χ2n) is 8.09. The molecule has 0 amide bonds. The van der Waals surface area contributed by atoms with Crippen LogP contribution in [0.5, 0.6) is 0 Å². The van der Waals surface area contributed by atoms with Crippen LogP contribution >= 0.6 is 0 Å². The number of nitrogens with zero attached hydrogens (tertiary/aromatic N) is 1. The van der Waals surface area contributed by atoms with E-state index in [4.69, 9.17) is 4.74 Å². The Balaban J connectivity index is 2.06. The molecule has 1 unspecified atom stereocenters. The molecule has 0 saturated heterocycles. The number of benzene rings is 2. The van der Waals surface area contributed by atoms with Gasteiger partial charge in [-0.15, -0.1) is 0 Å². The van der Waals surface area contributed by atoms with Gasteiger partial charge in [0.2, 0.25) is 0 Å². The van der Waals surface area contributed by atoms with Crippen molar-refractivity contribution in [3.63, 3.8) is 0 Å². The van der Waals surface area contributed by atoms with Crippen molar-refractivity contribution in [2.75, 3.05) is 0 Å². The number of esters is 1. The van der Waals surface area contributed by atoms with Crippen molar-refractivity contribution >= 4 is 11.8 Å². The molecule has 33 heavy (non-hydrogen) atoms. The van der Waals surface area contributed by atoms with Crippen LogP contribution in [0.2, 0.25) is 0 Å². The van der Waals surface area contributed by atoms with Crippen LogP contribution in [-0.4, -0.2) is 24.0 Å². The molecule has 0 radical (unpaired) electrons. The fourth-order valence-electron chi connectivity index (χ4n) is 4.35. The second-order valence-corrected chi connectivity index (χ2v) is 8.09. The number of rotatable bonds is 3. The van der Waals surface area contributed by atoms with E-state index in [2.05, 4.69) is 5.32 Å². The summed E-state index contributed by atoms with van der Waals surface area (Å²) in [5.41, 5.74) is -0.0930. The fourth-order valence-corrected chi connectivity index (χ4v) is 4.35. The van der Waals surface area contributed by atoms with E-state index in [9.17, 15) is 28.0 Å². The number of nitrogens with one attached hydrogen (secondary N) is 1. The van der Waals surface area contributed by atoms with Crippen molar-refractivity contribution in [3.05, 3.63) is 81.7 Å². The number of nitriles is 1. The summed E-state index contributed by atoms with van der Waals surface area (Å²) in [5, 5.41) is 12.1. The fraction of sp³-hybridized carbons (Fsp3) is 0.240. The van der Waals surface area contributed by atoms with Crippen molar-refractivity contribution in [1.82, 2.24) is 5.32 Å². The van der Waals surface area contributed by atoms with Gasteiger partial charge in [0.1, 0.15) is 5.70 Å². The van der Waals surface area contributed by atoms with Gasteiger partial charge in [0.25, 0.3) is 0 Å². The Morgan fingerprint density at radius 3 is 2.33 bits per heavy atom. The van der Waals surface area contributed by atoms with E-state index in [1.807, 2.05) is 6.07 Å². The van der Waals surface area contributed by atoms with Crippen LogP contribution in [0.4, 0.5) is 13.2 Å². The van der Waals surface area contributed by atoms with Gasteiger partial charge in [-0.25, -0.2) is 4.79 Å². The maximum Gasteiger partial charge on any atom is 0.431 e. The lowest BCUT2D eigenvalue weighted by atomic mass is 9.77. The Morgan fingerprint density at radius 2 is 1.73 bits per heavy atom. The number of ketones is 1. The summed E-state index contributed by atoms with van der Waals surface area (Å²) in [5.74, 6) is -2.81. The summed E-state index contributed by atoms with van der Waals surface area (Å²) in [4.78, 5) is 26.0. The van der Waals surface area contributed by atoms with Crippen molar-refractivity contribution in [2.24, 2.45) is 0 Å². The van der Waals surface area contributed by atoms with Gasteiger partial charge in [-0.05, 0) is 37.5 Å². The van der Waals surface area contributed by atoms with Gasteiger partial charge >= 0.3 is 12.1 Å². The summed E-state index contributed by atoms with van der Waals surface area (Å²) in [6, 6.07) is 13.4. The molecule has 2 aromatic rings. The number of hydrogen-bond donors (Lipinski definition) is 1. The highest BCUT2D eigenvalue weighted by Crippen LogP contribution is 2.48. The largest absolute Gasteiger partial charge is 0.460 e. The number of halogens is 3. The monoisotopic (exact) mass is 452 g/mol. The molecule has 2 aliphatic rings. The van der Waals surface area contributed by atoms with E-state index < -0.39 is 35.4 Å². The van der Waals surface area contributed by atoms with E-state index in [1.54, 1.807) is 42.5 Å². The molecule has 1 aliphatic heterocycles. The molecule has 0 spiro atoms. The highest BCUT2D eigenvalue weighted by atomic mass is 19.4. The van der Waals surface area contributed by atoms with E-state index in [-0.39, 0.29) is 22.6 Å². The predicted octanol–water partition coefficient (Wildman–Crippen LogP) is 5.15. The van der Waals surface area contributed by atoms with E-state index >= 15 is 0 Å². The van der Waals surface area contributed by atoms with Crippen LogP contribution in [0.1, 0.15) is 48.2 Å². The van der Waals surface area contributed by atoms with Crippen LogP contribution in [-0.2, 0) is 9.53 Å². The topological polar surface area (TPSA) is 79.2 Å². The normalized spacial score (nSPS) is 17.5. The molecule has 0 aromatic heterocycles. The van der Waals surface area contributed by atoms with Gasteiger partial charge in [-0.2, -0.15) is 18.4 Å². The summed E-state index contributed by atoms with van der Waals surface area (Å²) in [6.45, 7) is 4.40. The molecule has 0 fully saturated rings. The molecule has 1 N–H and O–H groups in total. The van der Waals surface area contributed by atoms with Crippen LogP contribution < -0.4 is 5.32 Å². The quantitative estimate of drug-likeness (QED) is 0.556. The van der Waals surface area contributed by atoms with Gasteiger partial charge < -0.3 is 10.1 Å². The number of ether oxygens (including phenoxy) is 1. The summed E-state index contributed by atoms with van der Waals surface area (Å²) in [7, 11) is 0. The first-order valence-corrected chi connectivity index (χ1v) is 10.2. The molecule has 1 atom stereocenters. The molecular formula is C25H19F3N2O3. The predicted molar refractivity (Wildman–Crippen MR) is 114 cm³/mol. The molecule has 4 rings (SSSR count). The average molecular weight is 452 g/mol. The van der Waals surface area contributed by atoms with Crippen LogP contribution in [0, 0.1) is 11.3 Å². The molecule has 8 heteroatoms. The van der Waals surface area contributed by atoms with Gasteiger partial charge in [0.05, 0.1) is 29.2 Å². The first-order valence-electron chi connectivity index (χ1n) is 10.2. The van der Waals surface area contributed by atoms with Crippen molar-refractivity contribution in [3.8, 4) is 17.2 Å². The minimum atomic E-state index is -4.91. The minimum absolute atomic E-state index is 0.0221. The summed E-state index contributed by atoms with van der Waals surface area (Å²) in [6.07, 6.45) is -5.58. The molecule has 1 heterocycles. The molecule has 5 nitrogen and oxygen atoms in total. The molecular weight excluding hydrogens is 433 g/mol. The van der Waals surface area contributed by atoms with Gasteiger partial charge in [-0.3, -0.25) is 4.79 Å². The first-order chi connectivity index (χ1) is 15.6. The van der Waals surface area contributed by atoms with Crippen LogP contribution in [0.25, 0.3) is 11.1 Å². The number of carbonyl (C=O) groups is 2. The third kappa shape index (κ3) is 3.59. The smallest absolute Gasteiger partial charge is 0.431 e. The van der Waals surface area contributed by atoms with Crippen LogP contribution in [0.3, 0.4) is 0 Å². The van der Waals surface area contributed by atoms with Gasteiger partial charge in [0.15, 0.2) is 5.78 Å². The van der Waals surface area contributed by atoms with Crippen LogP contribution in [0.15, 0.2) is 65.0 Å². The van der Waals surface area contributed by atoms with E-state index in [0.29, 0.717) is 22.3 Å². The zero-order chi connectivity index (χ0) is 24.1. The van der Waals surface area contributed by atoms with Crippen molar-refractivity contribution < 1.29 is 27.5 Å². The second kappa shape index (κ2) is 7.93. The zero-order valence-corrected chi connectivity index (χ0v) is 18.0. The SMILES string of the molecule is CC1=C(C#N)C(c2cccc3c2-c2ccccc2C3=O)C(C(=O)OC(C)C)=C(C(F)(F)F)N1. The third-order valence-corrected chi connectivity index (χ3v) is 5.62. The van der Waals surface area contributed by atoms with Crippen molar-refractivity contribution in [2.45, 2.75) is 39.0 Å². The maximum absolute atomic E-state index is 14.1. The molecule has 1 aliphatic carbocycles. The maximum atomic E-state index is 14.1. The lowest BCUT2D eigenvalue weighted by molar-refractivity contribution is -0.144. The Bertz CT molecular complexity index is 1300. The van der Waals surface area contributed by atoms with Gasteiger partial charge in [0, 0.05) is 16.8 Å². The Hall–Kier alpha value is -3.86. The number of allylic oxidation sites excluding steroid dienone is 3. The van der Waals surface area contributed by atoms with Gasteiger partial charge in [-0.1, -0.05) is 42.5 Å². The minimum Gasteiger partial charge on any atom is -0.460 e. The third-order valence-electron chi connectivity index (χ3n) is 5.62. The number of fused-ring (bicyclic) bond motifs is 3. The van der Waals surface area contributed by atoms with E-state index in [1.165, 1.54) is 20.8 Å². The van der Waals surface area contributed by atoms with Crippen molar-refractivity contribution in [1.29, 1.82) is 5.26 Å². The number of alkyl halides is 3. The Kier molecular flexibility index (Phi) is 5.36. The first kappa shape index (κ1) is 22.3. The standard InChI is InChI=1S/C25H19F3N2O3/c1-12(2)33-24(32)21-20(18(11-29)13(3)30-23(21)25(26,27)28)16-9-6-10-17-19(16)14-7-4-5-8-15(14)22(17)31/h4-10,12,20,30H,1-3H3. The molecule has 168 valence electrons. The number of dihydropyridines is 1. The Morgan fingerprint density at radius 1 is 1.09 bits per heavy atom.